The van der Waals surface area contributed by atoms with Crippen molar-refractivity contribution in [2.75, 3.05) is 0 Å². The van der Waals surface area contributed by atoms with Crippen LogP contribution in [-0.2, 0) is 5.41 Å². The lowest BCUT2D eigenvalue weighted by Gasteiger charge is -2.16. The Kier molecular flexibility index (Phi) is 3.41. The molecule has 0 aliphatic heterocycles. The van der Waals surface area contributed by atoms with Gasteiger partial charge in [-0.25, -0.2) is 0 Å². The Bertz CT molecular complexity index is 591. The average molecular weight is 256 g/mol. The molecule has 0 spiro atoms. The zero-order valence-electron chi connectivity index (χ0n) is 10.4. The summed E-state index contributed by atoms with van der Waals surface area (Å²) in [5, 5.41) is 9.85. The van der Waals surface area contributed by atoms with Crippen LogP contribution in [0.2, 0.25) is 5.02 Å². The predicted octanol–water partition coefficient (Wildman–Crippen LogP) is 4.81. The molecule has 2 aromatic rings. The zero-order chi connectivity index (χ0) is 13.2. The summed E-state index contributed by atoms with van der Waals surface area (Å²) in [5.74, 6) is 0. The molecule has 2 aromatic carbocycles. The predicted molar refractivity (Wildman–Crippen MR) is 75.5 cm³/mol. The van der Waals surface area contributed by atoms with Crippen LogP contribution in [0.4, 0.5) is 0 Å². The van der Waals surface area contributed by atoms with Crippen molar-refractivity contribution >= 4 is 11.6 Å². The minimum absolute atomic E-state index is 0.459. The topological polar surface area (TPSA) is 23.8 Å². The maximum Gasteiger partial charge on any atom is 0.0766 e. The molecule has 2 rings (SSSR count). The Balaban J connectivity index is 2.41. The van der Waals surface area contributed by atoms with E-state index in [1.165, 1.54) is 0 Å². The Morgan fingerprint density at radius 1 is 1.00 bits per heavy atom. The van der Waals surface area contributed by atoms with Crippen LogP contribution in [0.5, 0.6) is 0 Å². The summed E-state index contributed by atoms with van der Waals surface area (Å²) < 4.78 is 0. The molecule has 1 nitrogen and oxygen atoms in total. The van der Waals surface area contributed by atoms with Crippen LogP contribution in [0.25, 0.3) is 11.1 Å². The fourth-order valence-electron chi connectivity index (χ4n) is 1.83. The third-order valence-corrected chi connectivity index (χ3v) is 3.40. The van der Waals surface area contributed by atoms with Gasteiger partial charge in [0.1, 0.15) is 0 Å². The molecular weight excluding hydrogens is 242 g/mol. The van der Waals surface area contributed by atoms with Crippen LogP contribution in [0.15, 0.2) is 48.5 Å². The van der Waals surface area contributed by atoms with Crippen molar-refractivity contribution < 1.29 is 0 Å². The Hall–Kier alpha value is -1.78. The van der Waals surface area contributed by atoms with Crippen LogP contribution >= 0.6 is 11.6 Å². The molecule has 18 heavy (non-hydrogen) atoms. The summed E-state index contributed by atoms with van der Waals surface area (Å²) in [6, 6.07) is 18.1. The maximum atomic E-state index is 9.11. The third kappa shape index (κ3) is 2.39. The van der Waals surface area contributed by atoms with Gasteiger partial charge in [0.25, 0.3) is 0 Å². The van der Waals surface area contributed by atoms with Gasteiger partial charge in [-0.05, 0) is 31.0 Å². The summed E-state index contributed by atoms with van der Waals surface area (Å²) in [7, 11) is 0. The molecule has 0 saturated carbocycles. The van der Waals surface area contributed by atoms with Crippen molar-refractivity contribution in [3.05, 3.63) is 59.1 Å². The van der Waals surface area contributed by atoms with Gasteiger partial charge in [-0.15, -0.1) is 0 Å². The lowest BCUT2D eigenvalue weighted by molar-refractivity contribution is 0.687. The lowest BCUT2D eigenvalue weighted by atomic mass is 9.85. The summed E-state index contributed by atoms with van der Waals surface area (Å²) >= 11 is 6.16. The SMILES string of the molecule is CC(C)(C#N)c1ccc(-c2ccccc2Cl)cc1. The number of halogens is 1. The molecular formula is C16H14ClN. The highest BCUT2D eigenvalue weighted by molar-refractivity contribution is 6.33. The third-order valence-electron chi connectivity index (χ3n) is 3.07. The molecule has 0 aromatic heterocycles. The minimum Gasteiger partial charge on any atom is -0.197 e. The van der Waals surface area contributed by atoms with Gasteiger partial charge >= 0.3 is 0 Å². The van der Waals surface area contributed by atoms with E-state index in [1.807, 2.05) is 62.4 Å². The summed E-state index contributed by atoms with van der Waals surface area (Å²) in [6.07, 6.45) is 0. The van der Waals surface area contributed by atoms with Gasteiger partial charge in [-0.1, -0.05) is 54.1 Å². The molecule has 90 valence electrons. The van der Waals surface area contributed by atoms with Crippen molar-refractivity contribution in [3.8, 4) is 17.2 Å². The molecule has 0 N–H and O–H groups in total. The first kappa shape index (κ1) is 12.7. The second-order valence-electron chi connectivity index (χ2n) is 4.79. The minimum atomic E-state index is -0.459. The Morgan fingerprint density at radius 3 is 2.17 bits per heavy atom. The highest BCUT2D eigenvalue weighted by atomic mass is 35.5. The van der Waals surface area contributed by atoms with E-state index in [9.17, 15) is 0 Å². The molecule has 0 aliphatic carbocycles. The Labute approximate surface area is 113 Å². The van der Waals surface area contributed by atoms with Gasteiger partial charge in [0, 0.05) is 10.6 Å². The zero-order valence-corrected chi connectivity index (χ0v) is 11.2. The van der Waals surface area contributed by atoms with Gasteiger partial charge in [0.2, 0.25) is 0 Å². The van der Waals surface area contributed by atoms with Crippen LogP contribution in [-0.4, -0.2) is 0 Å². The second-order valence-corrected chi connectivity index (χ2v) is 5.20. The fourth-order valence-corrected chi connectivity index (χ4v) is 2.07. The first-order valence-corrected chi connectivity index (χ1v) is 6.19. The number of benzene rings is 2. The standard InChI is InChI=1S/C16H14ClN/c1-16(2,11-18)13-9-7-12(8-10-13)14-5-3-4-6-15(14)17/h3-10H,1-2H3. The second kappa shape index (κ2) is 4.84. The van der Waals surface area contributed by atoms with Crippen LogP contribution in [0.1, 0.15) is 19.4 Å². The van der Waals surface area contributed by atoms with E-state index in [2.05, 4.69) is 6.07 Å². The van der Waals surface area contributed by atoms with Crippen molar-refractivity contribution in [2.24, 2.45) is 0 Å². The van der Waals surface area contributed by atoms with E-state index in [0.717, 1.165) is 21.7 Å². The molecule has 0 unspecified atom stereocenters. The van der Waals surface area contributed by atoms with Crippen molar-refractivity contribution in [1.29, 1.82) is 5.26 Å². The average Bonchev–Trinajstić information content (AvgIpc) is 2.39. The van der Waals surface area contributed by atoms with Gasteiger partial charge in [0.15, 0.2) is 0 Å². The van der Waals surface area contributed by atoms with E-state index in [0.29, 0.717) is 0 Å². The highest BCUT2D eigenvalue weighted by Crippen LogP contribution is 2.30. The normalized spacial score (nSPS) is 11.0. The molecule has 0 heterocycles. The smallest absolute Gasteiger partial charge is 0.0766 e. The van der Waals surface area contributed by atoms with Gasteiger partial charge in [0.05, 0.1) is 11.5 Å². The number of rotatable bonds is 2. The lowest BCUT2D eigenvalue weighted by Crippen LogP contribution is -2.13. The van der Waals surface area contributed by atoms with E-state index in [4.69, 9.17) is 16.9 Å². The number of hydrogen-bond donors (Lipinski definition) is 0. The van der Waals surface area contributed by atoms with Crippen molar-refractivity contribution in [1.82, 2.24) is 0 Å². The Morgan fingerprint density at radius 2 is 1.61 bits per heavy atom. The highest BCUT2D eigenvalue weighted by Gasteiger charge is 2.19. The van der Waals surface area contributed by atoms with E-state index in [1.54, 1.807) is 0 Å². The number of hydrogen-bond acceptors (Lipinski definition) is 1. The van der Waals surface area contributed by atoms with Crippen molar-refractivity contribution in [3.63, 3.8) is 0 Å². The van der Waals surface area contributed by atoms with Gasteiger partial charge in [-0.2, -0.15) is 5.26 Å². The van der Waals surface area contributed by atoms with Crippen LogP contribution in [0.3, 0.4) is 0 Å². The molecule has 0 bridgehead atoms. The molecule has 0 fully saturated rings. The molecule has 0 atom stereocenters. The molecule has 0 amide bonds. The summed E-state index contributed by atoms with van der Waals surface area (Å²) in [5.41, 5.74) is 2.64. The summed E-state index contributed by atoms with van der Waals surface area (Å²) in [6.45, 7) is 3.83. The largest absolute Gasteiger partial charge is 0.197 e. The molecule has 2 heteroatoms. The van der Waals surface area contributed by atoms with Crippen LogP contribution in [0, 0.1) is 11.3 Å². The molecule has 0 aliphatic rings. The first-order chi connectivity index (χ1) is 8.54. The van der Waals surface area contributed by atoms with Crippen LogP contribution < -0.4 is 0 Å². The van der Waals surface area contributed by atoms with Crippen molar-refractivity contribution in [2.45, 2.75) is 19.3 Å². The summed E-state index contributed by atoms with van der Waals surface area (Å²) in [4.78, 5) is 0. The number of nitrogens with zero attached hydrogens (tertiary/aromatic N) is 1. The van der Waals surface area contributed by atoms with E-state index >= 15 is 0 Å². The molecule has 0 saturated heterocycles. The fraction of sp³-hybridized carbons (Fsp3) is 0.188. The van der Waals surface area contributed by atoms with E-state index in [-0.39, 0.29) is 0 Å². The van der Waals surface area contributed by atoms with E-state index < -0.39 is 5.41 Å². The quantitative estimate of drug-likeness (QED) is 0.756. The number of nitriles is 1. The monoisotopic (exact) mass is 255 g/mol. The maximum absolute atomic E-state index is 9.11. The van der Waals surface area contributed by atoms with Gasteiger partial charge < -0.3 is 0 Å². The van der Waals surface area contributed by atoms with Gasteiger partial charge in [-0.3, -0.25) is 0 Å². The first-order valence-electron chi connectivity index (χ1n) is 5.81. The molecule has 0 radical (unpaired) electrons.